The van der Waals surface area contributed by atoms with Crippen LogP contribution in [-0.4, -0.2) is 40.1 Å². The van der Waals surface area contributed by atoms with Crippen molar-refractivity contribution in [2.24, 2.45) is 0 Å². The number of hydrogen-bond donors (Lipinski definition) is 1. The van der Waals surface area contributed by atoms with Crippen molar-refractivity contribution in [3.8, 4) is 0 Å². The Morgan fingerprint density at radius 1 is 1.41 bits per heavy atom. The van der Waals surface area contributed by atoms with Crippen molar-refractivity contribution in [3.63, 3.8) is 0 Å². The number of aryl methyl sites for hydroxylation is 1. The molecule has 1 aliphatic heterocycles. The number of nitrogens with one attached hydrogen (secondary N) is 1. The molecule has 0 amide bonds. The summed E-state index contributed by atoms with van der Waals surface area (Å²) in [5.41, 5.74) is 0. The monoisotopic (exact) mass is 236 g/mol. The molecule has 1 atom stereocenters. The maximum atomic E-state index is 4.38. The fourth-order valence-corrected chi connectivity index (χ4v) is 2.48. The smallest absolute Gasteiger partial charge is 0.122 e. The lowest BCUT2D eigenvalue weighted by molar-refractivity contribution is 0.297. The maximum absolute atomic E-state index is 4.38. The van der Waals surface area contributed by atoms with Crippen molar-refractivity contribution >= 4 is 0 Å². The van der Waals surface area contributed by atoms with Crippen LogP contribution in [0.4, 0.5) is 0 Å². The summed E-state index contributed by atoms with van der Waals surface area (Å²) in [5, 5.41) is 3.56. The Hall–Kier alpha value is -0.870. The third-order valence-electron chi connectivity index (χ3n) is 3.48. The van der Waals surface area contributed by atoms with Crippen LogP contribution in [0.5, 0.6) is 0 Å². The second-order valence-corrected chi connectivity index (χ2v) is 4.92. The van der Waals surface area contributed by atoms with E-state index in [-0.39, 0.29) is 0 Å². The molecule has 17 heavy (non-hydrogen) atoms. The van der Waals surface area contributed by atoms with Gasteiger partial charge in [0.1, 0.15) is 5.82 Å². The molecule has 1 aromatic heterocycles. The normalized spacial score (nSPS) is 18.7. The molecule has 1 N–H and O–H groups in total. The number of aromatic nitrogens is 2. The summed E-state index contributed by atoms with van der Waals surface area (Å²) >= 11 is 0. The molecule has 1 fully saturated rings. The molecule has 0 aromatic carbocycles. The fraction of sp³-hybridized carbons (Fsp3) is 0.769. The standard InChI is InChI=1S/C13H24N4/c1-3-17-9-6-14-13(17)10-15-12(2)11-16-7-4-5-8-16/h6,9,12,15H,3-5,7-8,10-11H2,1-2H3. The SMILES string of the molecule is CCn1ccnc1CNC(C)CN1CCCC1. The number of hydrogen-bond acceptors (Lipinski definition) is 3. The minimum Gasteiger partial charge on any atom is -0.334 e. The van der Waals surface area contributed by atoms with E-state index < -0.39 is 0 Å². The van der Waals surface area contributed by atoms with Gasteiger partial charge in [0.15, 0.2) is 0 Å². The quantitative estimate of drug-likeness (QED) is 0.812. The van der Waals surface area contributed by atoms with Crippen molar-refractivity contribution in [2.45, 2.75) is 45.8 Å². The van der Waals surface area contributed by atoms with E-state index in [9.17, 15) is 0 Å². The van der Waals surface area contributed by atoms with Gasteiger partial charge in [-0.1, -0.05) is 0 Å². The van der Waals surface area contributed by atoms with E-state index in [0.29, 0.717) is 6.04 Å². The minimum atomic E-state index is 0.537. The molecule has 1 aromatic rings. The van der Waals surface area contributed by atoms with E-state index in [0.717, 1.165) is 25.5 Å². The summed E-state index contributed by atoms with van der Waals surface area (Å²) < 4.78 is 2.19. The summed E-state index contributed by atoms with van der Waals surface area (Å²) in [6, 6.07) is 0.537. The highest BCUT2D eigenvalue weighted by Gasteiger charge is 2.14. The lowest BCUT2D eigenvalue weighted by Gasteiger charge is -2.21. The third-order valence-corrected chi connectivity index (χ3v) is 3.48. The molecule has 96 valence electrons. The van der Waals surface area contributed by atoms with E-state index >= 15 is 0 Å². The van der Waals surface area contributed by atoms with Gasteiger partial charge in [0.25, 0.3) is 0 Å². The zero-order valence-corrected chi connectivity index (χ0v) is 11.0. The Kier molecular flexibility index (Phi) is 4.57. The van der Waals surface area contributed by atoms with Gasteiger partial charge in [-0.15, -0.1) is 0 Å². The number of nitrogens with zero attached hydrogens (tertiary/aromatic N) is 3. The van der Waals surface area contributed by atoms with Crippen LogP contribution >= 0.6 is 0 Å². The number of rotatable bonds is 6. The molecular weight excluding hydrogens is 212 g/mol. The van der Waals surface area contributed by atoms with Gasteiger partial charge in [0, 0.05) is 31.5 Å². The molecule has 0 radical (unpaired) electrons. The molecule has 1 unspecified atom stereocenters. The van der Waals surface area contributed by atoms with Gasteiger partial charge < -0.3 is 14.8 Å². The van der Waals surface area contributed by atoms with Gasteiger partial charge in [-0.05, 0) is 39.8 Å². The Morgan fingerprint density at radius 3 is 2.88 bits per heavy atom. The predicted molar refractivity (Wildman–Crippen MR) is 69.9 cm³/mol. The summed E-state index contributed by atoms with van der Waals surface area (Å²) in [6.07, 6.45) is 6.66. The molecule has 2 heterocycles. The highest BCUT2D eigenvalue weighted by Crippen LogP contribution is 2.07. The van der Waals surface area contributed by atoms with Gasteiger partial charge in [0.05, 0.1) is 6.54 Å². The van der Waals surface area contributed by atoms with E-state index in [1.54, 1.807) is 0 Å². The van der Waals surface area contributed by atoms with Crippen LogP contribution in [0.1, 0.15) is 32.5 Å². The first kappa shape index (κ1) is 12.6. The molecule has 1 saturated heterocycles. The average Bonchev–Trinajstić information content (AvgIpc) is 2.96. The van der Waals surface area contributed by atoms with Crippen LogP contribution < -0.4 is 5.32 Å². The van der Waals surface area contributed by atoms with Crippen molar-refractivity contribution < 1.29 is 0 Å². The van der Waals surface area contributed by atoms with Crippen LogP contribution in [-0.2, 0) is 13.1 Å². The van der Waals surface area contributed by atoms with E-state index in [1.165, 1.54) is 25.9 Å². The average molecular weight is 236 g/mol. The summed E-state index contributed by atoms with van der Waals surface area (Å²) in [5.74, 6) is 1.14. The van der Waals surface area contributed by atoms with E-state index in [1.807, 2.05) is 12.4 Å². The Labute approximate surface area is 104 Å². The Morgan fingerprint density at radius 2 is 2.18 bits per heavy atom. The van der Waals surface area contributed by atoms with Gasteiger partial charge >= 0.3 is 0 Å². The second-order valence-electron chi connectivity index (χ2n) is 4.92. The molecule has 2 rings (SSSR count). The third kappa shape index (κ3) is 3.54. The molecule has 0 spiro atoms. The highest BCUT2D eigenvalue weighted by atomic mass is 15.2. The molecule has 4 heteroatoms. The first-order chi connectivity index (χ1) is 8.29. The lowest BCUT2D eigenvalue weighted by Crippen LogP contribution is -2.38. The summed E-state index contributed by atoms with van der Waals surface area (Å²) in [4.78, 5) is 6.92. The lowest BCUT2D eigenvalue weighted by atomic mass is 10.3. The van der Waals surface area contributed by atoms with Crippen molar-refractivity contribution in [3.05, 3.63) is 18.2 Å². The van der Waals surface area contributed by atoms with Crippen LogP contribution in [0.2, 0.25) is 0 Å². The van der Waals surface area contributed by atoms with Gasteiger partial charge in [-0.3, -0.25) is 0 Å². The maximum Gasteiger partial charge on any atom is 0.122 e. The van der Waals surface area contributed by atoms with E-state index in [4.69, 9.17) is 0 Å². The van der Waals surface area contributed by atoms with Crippen LogP contribution in [0.15, 0.2) is 12.4 Å². The number of likely N-dealkylation sites (tertiary alicyclic amines) is 1. The highest BCUT2D eigenvalue weighted by molar-refractivity contribution is 4.92. The van der Waals surface area contributed by atoms with Crippen LogP contribution in [0.3, 0.4) is 0 Å². The molecule has 0 bridgehead atoms. The van der Waals surface area contributed by atoms with Crippen molar-refractivity contribution in [1.82, 2.24) is 19.8 Å². The summed E-state index contributed by atoms with van der Waals surface area (Å²) in [6.45, 7) is 9.99. The first-order valence-electron chi connectivity index (χ1n) is 6.75. The topological polar surface area (TPSA) is 33.1 Å². The van der Waals surface area contributed by atoms with Crippen LogP contribution in [0.25, 0.3) is 0 Å². The molecule has 1 aliphatic rings. The van der Waals surface area contributed by atoms with Gasteiger partial charge in [-0.2, -0.15) is 0 Å². The first-order valence-corrected chi connectivity index (χ1v) is 6.75. The van der Waals surface area contributed by atoms with Crippen LogP contribution in [0, 0.1) is 0 Å². The molecule has 4 nitrogen and oxygen atoms in total. The largest absolute Gasteiger partial charge is 0.334 e. The van der Waals surface area contributed by atoms with Gasteiger partial charge in [0.2, 0.25) is 0 Å². The van der Waals surface area contributed by atoms with Crippen molar-refractivity contribution in [2.75, 3.05) is 19.6 Å². The predicted octanol–water partition coefficient (Wildman–Crippen LogP) is 1.48. The minimum absolute atomic E-state index is 0.537. The summed E-state index contributed by atoms with van der Waals surface area (Å²) in [7, 11) is 0. The molecule has 0 aliphatic carbocycles. The zero-order valence-electron chi connectivity index (χ0n) is 11.0. The second kappa shape index (κ2) is 6.17. The fourth-order valence-electron chi connectivity index (χ4n) is 2.48. The Balaban J connectivity index is 1.73. The Bertz CT molecular complexity index is 328. The zero-order chi connectivity index (χ0) is 12.1. The van der Waals surface area contributed by atoms with Crippen molar-refractivity contribution in [1.29, 1.82) is 0 Å². The number of imidazole rings is 1. The van der Waals surface area contributed by atoms with Gasteiger partial charge in [-0.25, -0.2) is 4.98 Å². The molecular formula is C13H24N4. The van der Waals surface area contributed by atoms with E-state index in [2.05, 4.69) is 33.6 Å². The molecule has 0 saturated carbocycles.